The van der Waals surface area contributed by atoms with Gasteiger partial charge >= 0.3 is 0 Å². The fourth-order valence-corrected chi connectivity index (χ4v) is 2.79. The van der Waals surface area contributed by atoms with Crippen molar-refractivity contribution in [2.24, 2.45) is 0 Å². The predicted molar refractivity (Wildman–Crippen MR) is 79.6 cm³/mol. The number of hydrogen-bond donors (Lipinski definition) is 1. The highest BCUT2D eigenvalue weighted by molar-refractivity contribution is 5.27. The maximum Gasteiger partial charge on any atom is 0.118 e. The quantitative estimate of drug-likeness (QED) is 0.853. The van der Waals surface area contributed by atoms with Crippen LogP contribution < -0.4 is 10.1 Å². The van der Waals surface area contributed by atoms with E-state index in [1.165, 1.54) is 37.9 Å². The first-order chi connectivity index (χ1) is 9.33. The number of hydrogen-bond acceptors (Lipinski definition) is 3. The van der Waals surface area contributed by atoms with Gasteiger partial charge in [-0.05, 0) is 50.0 Å². The Morgan fingerprint density at radius 2 is 2.11 bits per heavy atom. The zero-order chi connectivity index (χ0) is 13.5. The fraction of sp³-hybridized carbons (Fsp3) is 0.625. The summed E-state index contributed by atoms with van der Waals surface area (Å²) in [5, 5.41) is 3.52. The van der Waals surface area contributed by atoms with Gasteiger partial charge in [0.15, 0.2) is 0 Å². The largest absolute Gasteiger partial charge is 0.497 e. The minimum Gasteiger partial charge on any atom is -0.497 e. The molecule has 2 rings (SSSR count). The molecule has 106 valence electrons. The lowest BCUT2D eigenvalue weighted by Crippen LogP contribution is -2.45. The smallest absolute Gasteiger partial charge is 0.118 e. The highest BCUT2D eigenvalue weighted by Gasteiger charge is 2.20. The molecule has 0 radical (unpaired) electrons. The van der Waals surface area contributed by atoms with Crippen LogP contribution in [0.25, 0.3) is 0 Å². The highest BCUT2D eigenvalue weighted by Crippen LogP contribution is 2.17. The molecule has 0 saturated carbocycles. The van der Waals surface area contributed by atoms with E-state index < -0.39 is 0 Å². The summed E-state index contributed by atoms with van der Waals surface area (Å²) in [5.74, 6) is 0.935. The third-order valence-corrected chi connectivity index (χ3v) is 3.84. The summed E-state index contributed by atoms with van der Waals surface area (Å²) in [6.07, 6.45) is 3.84. The molecule has 1 fully saturated rings. The van der Waals surface area contributed by atoms with E-state index in [2.05, 4.69) is 41.4 Å². The Balaban J connectivity index is 1.97. The van der Waals surface area contributed by atoms with E-state index in [0.29, 0.717) is 6.04 Å². The Kier molecular flexibility index (Phi) is 5.67. The predicted octanol–water partition coefficient (Wildman–Crippen LogP) is 2.66. The van der Waals surface area contributed by atoms with Crippen molar-refractivity contribution < 1.29 is 4.74 Å². The van der Waals surface area contributed by atoms with Crippen molar-refractivity contribution in [1.82, 2.24) is 10.2 Å². The Hall–Kier alpha value is -1.06. The molecule has 1 aliphatic rings. The van der Waals surface area contributed by atoms with Gasteiger partial charge in [-0.2, -0.15) is 0 Å². The number of nitrogens with zero attached hydrogens (tertiary/aromatic N) is 1. The van der Waals surface area contributed by atoms with E-state index in [4.69, 9.17) is 4.74 Å². The maximum atomic E-state index is 5.21. The second-order valence-electron chi connectivity index (χ2n) is 5.32. The zero-order valence-corrected chi connectivity index (χ0v) is 12.2. The minimum atomic E-state index is 0.691. The number of methoxy groups -OCH3 is 1. The van der Waals surface area contributed by atoms with Gasteiger partial charge in [0, 0.05) is 19.1 Å². The molecular formula is C16H26N2O. The summed E-state index contributed by atoms with van der Waals surface area (Å²) in [4.78, 5) is 2.62. The zero-order valence-electron chi connectivity index (χ0n) is 12.2. The number of rotatable bonds is 6. The molecular weight excluding hydrogens is 236 g/mol. The van der Waals surface area contributed by atoms with Crippen LogP contribution in [-0.4, -0.2) is 37.7 Å². The molecule has 1 atom stereocenters. The van der Waals surface area contributed by atoms with Crippen molar-refractivity contribution in [2.75, 3.05) is 26.7 Å². The maximum absolute atomic E-state index is 5.21. The molecule has 1 aromatic carbocycles. The van der Waals surface area contributed by atoms with Gasteiger partial charge in [-0.3, -0.25) is 4.90 Å². The van der Waals surface area contributed by atoms with E-state index in [1.54, 1.807) is 7.11 Å². The van der Waals surface area contributed by atoms with Crippen LogP contribution in [0.1, 0.15) is 31.7 Å². The van der Waals surface area contributed by atoms with E-state index in [0.717, 1.165) is 18.8 Å². The fourth-order valence-electron chi connectivity index (χ4n) is 2.79. The summed E-state index contributed by atoms with van der Waals surface area (Å²) >= 11 is 0. The van der Waals surface area contributed by atoms with Gasteiger partial charge in [-0.1, -0.05) is 19.1 Å². The van der Waals surface area contributed by atoms with Crippen molar-refractivity contribution in [2.45, 2.75) is 38.8 Å². The van der Waals surface area contributed by atoms with Crippen molar-refractivity contribution >= 4 is 0 Å². The van der Waals surface area contributed by atoms with Crippen LogP contribution in [0.2, 0.25) is 0 Å². The van der Waals surface area contributed by atoms with Gasteiger partial charge in [-0.15, -0.1) is 0 Å². The summed E-state index contributed by atoms with van der Waals surface area (Å²) in [6.45, 7) is 6.80. The molecule has 3 nitrogen and oxygen atoms in total. The van der Waals surface area contributed by atoms with Gasteiger partial charge in [-0.25, -0.2) is 0 Å². The molecule has 19 heavy (non-hydrogen) atoms. The normalized spacial score (nSPS) is 19.6. The molecule has 1 unspecified atom stereocenters. The topological polar surface area (TPSA) is 24.5 Å². The summed E-state index contributed by atoms with van der Waals surface area (Å²) in [5.41, 5.74) is 1.37. The van der Waals surface area contributed by atoms with Gasteiger partial charge in [0.2, 0.25) is 0 Å². The minimum absolute atomic E-state index is 0.691. The van der Waals surface area contributed by atoms with E-state index >= 15 is 0 Å². The summed E-state index contributed by atoms with van der Waals surface area (Å²) < 4.78 is 5.21. The monoisotopic (exact) mass is 262 g/mol. The molecule has 0 aliphatic carbocycles. The second kappa shape index (κ2) is 7.51. The Morgan fingerprint density at radius 3 is 2.68 bits per heavy atom. The summed E-state index contributed by atoms with van der Waals surface area (Å²) in [7, 11) is 1.71. The third-order valence-electron chi connectivity index (χ3n) is 3.84. The van der Waals surface area contributed by atoms with Crippen LogP contribution in [0, 0.1) is 0 Å². The first kappa shape index (κ1) is 14.4. The van der Waals surface area contributed by atoms with E-state index in [9.17, 15) is 0 Å². The van der Waals surface area contributed by atoms with Crippen LogP contribution in [0.4, 0.5) is 0 Å². The van der Waals surface area contributed by atoms with Crippen LogP contribution in [0.3, 0.4) is 0 Å². The average molecular weight is 262 g/mol. The van der Waals surface area contributed by atoms with Crippen LogP contribution in [0.15, 0.2) is 24.3 Å². The number of piperidine rings is 1. The Morgan fingerprint density at radius 1 is 1.32 bits per heavy atom. The van der Waals surface area contributed by atoms with Gasteiger partial charge in [0.1, 0.15) is 5.75 Å². The first-order valence-electron chi connectivity index (χ1n) is 7.41. The average Bonchev–Trinajstić information content (AvgIpc) is 2.48. The molecule has 1 aromatic rings. The molecule has 0 spiro atoms. The van der Waals surface area contributed by atoms with Gasteiger partial charge < -0.3 is 10.1 Å². The first-order valence-corrected chi connectivity index (χ1v) is 7.41. The van der Waals surface area contributed by atoms with Crippen molar-refractivity contribution in [3.05, 3.63) is 29.8 Å². The third kappa shape index (κ3) is 4.22. The molecule has 1 saturated heterocycles. The van der Waals surface area contributed by atoms with Crippen LogP contribution >= 0.6 is 0 Å². The lowest BCUT2D eigenvalue weighted by Gasteiger charge is -2.34. The van der Waals surface area contributed by atoms with Crippen molar-refractivity contribution in [1.29, 1.82) is 0 Å². The number of ether oxygens (including phenoxy) is 1. The SMILES string of the molecule is CCCN(Cc1ccc(OC)cc1)C1CCCNC1. The van der Waals surface area contributed by atoms with E-state index in [1.807, 2.05) is 0 Å². The van der Waals surface area contributed by atoms with Crippen LogP contribution in [-0.2, 0) is 6.54 Å². The molecule has 0 amide bonds. The molecule has 1 heterocycles. The summed E-state index contributed by atoms with van der Waals surface area (Å²) in [6, 6.07) is 9.16. The highest BCUT2D eigenvalue weighted by atomic mass is 16.5. The Bertz CT molecular complexity index is 358. The van der Waals surface area contributed by atoms with Crippen LogP contribution in [0.5, 0.6) is 5.75 Å². The second-order valence-corrected chi connectivity index (χ2v) is 5.32. The molecule has 0 aromatic heterocycles. The lowest BCUT2D eigenvalue weighted by atomic mass is 10.0. The standard InChI is InChI=1S/C16H26N2O/c1-3-11-18(15-5-4-10-17-12-15)13-14-6-8-16(19-2)9-7-14/h6-9,15,17H,3-5,10-13H2,1-2H3. The van der Waals surface area contributed by atoms with E-state index in [-0.39, 0.29) is 0 Å². The number of benzene rings is 1. The van der Waals surface area contributed by atoms with Crippen molar-refractivity contribution in [3.63, 3.8) is 0 Å². The molecule has 1 aliphatic heterocycles. The molecule has 0 bridgehead atoms. The van der Waals surface area contributed by atoms with Gasteiger partial charge in [0.25, 0.3) is 0 Å². The lowest BCUT2D eigenvalue weighted by molar-refractivity contribution is 0.158. The van der Waals surface area contributed by atoms with Crippen molar-refractivity contribution in [3.8, 4) is 5.75 Å². The Labute approximate surface area is 116 Å². The number of nitrogens with one attached hydrogen (secondary N) is 1. The molecule has 1 N–H and O–H groups in total. The van der Waals surface area contributed by atoms with Gasteiger partial charge in [0.05, 0.1) is 7.11 Å². The molecule has 3 heteroatoms.